The Morgan fingerprint density at radius 1 is 1.04 bits per heavy atom. The van der Waals surface area contributed by atoms with Gasteiger partial charge in [0.25, 0.3) is 11.8 Å². The minimum atomic E-state index is -0.643. The number of esters is 1. The Balaban J connectivity index is 1.93. The third-order valence-electron chi connectivity index (χ3n) is 3.57. The molecule has 0 radical (unpaired) electrons. The second-order valence-corrected chi connectivity index (χ2v) is 5.48. The smallest absolute Gasteiger partial charge is 0.342 e. The molecule has 0 heterocycles. The molecule has 0 spiro atoms. The summed E-state index contributed by atoms with van der Waals surface area (Å²) in [6.07, 6.45) is 0. The summed E-state index contributed by atoms with van der Waals surface area (Å²) < 4.78 is 10.2. The molecule has 136 valence electrons. The first-order valence-electron chi connectivity index (χ1n) is 7.88. The molecular formula is C19H20N2O5. The van der Waals surface area contributed by atoms with E-state index in [4.69, 9.17) is 9.47 Å². The molecule has 26 heavy (non-hydrogen) atoms. The molecule has 0 saturated carbocycles. The van der Waals surface area contributed by atoms with Crippen molar-refractivity contribution < 1.29 is 23.9 Å². The van der Waals surface area contributed by atoms with Crippen LogP contribution in [0, 0.1) is 6.92 Å². The highest BCUT2D eigenvalue weighted by Gasteiger charge is 2.15. The molecule has 2 rings (SSSR count). The summed E-state index contributed by atoms with van der Waals surface area (Å²) in [6, 6.07) is 11.5. The van der Waals surface area contributed by atoms with Crippen LogP contribution in [0.2, 0.25) is 0 Å². The second-order valence-electron chi connectivity index (χ2n) is 5.48. The van der Waals surface area contributed by atoms with Gasteiger partial charge in [-0.1, -0.05) is 11.6 Å². The van der Waals surface area contributed by atoms with E-state index in [0.29, 0.717) is 17.0 Å². The van der Waals surface area contributed by atoms with Gasteiger partial charge in [-0.05, 0) is 43.3 Å². The number of amides is 2. The number of methoxy groups -OCH3 is 1. The number of nitrogens with one attached hydrogen (secondary N) is 2. The Hall–Kier alpha value is -3.35. The van der Waals surface area contributed by atoms with Crippen LogP contribution >= 0.6 is 0 Å². The first kappa shape index (κ1) is 19.0. The third-order valence-corrected chi connectivity index (χ3v) is 3.57. The SMILES string of the molecule is CNC(=O)c1ccc(NC(=O)COC(=O)c2cc(C)ccc2OC)cc1. The van der Waals surface area contributed by atoms with E-state index >= 15 is 0 Å². The van der Waals surface area contributed by atoms with E-state index in [1.54, 1.807) is 36.4 Å². The lowest BCUT2D eigenvalue weighted by Crippen LogP contribution is -2.21. The van der Waals surface area contributed by atoms with Crippen molar-refractivity contribution >= 4 is 23.5 Å². The number of hydrogen-bond donors (Lipinski definition) is 2. The molecule has 0 aliphatic heterocycles. The van der Waals surface area contributed by atoms with Gasteiger partial charge in [-0.3, -0.25) is 9.59 Å². The predicted octanol–water partition coefficient (Wildman–Crippen LogP) is 2.16. The van der Waals surface area contributed by atoms with Crippen molar-refractivity contribution in [1.82, 2.24) is 5.32 Å². The van der Waals surface area contributed by atoms with Crippen molar-refractivity contribution in [3.05, 3.63) is 59.2 Å². The van der Waals surface area contributed by atoms with Crippen molar-refractivity contribution in [2.75, 3.05) is 26.1 Å². The van der Waals surface area contributed by atoms with Crippen LogP contribution in [0.3, 0.4) is 0 Å². The highest BCUT2D eigenvalue weighted by molar-refractivity contribution is 5.98. The van der Waals surface area contributed by atoms with Crippen LogP contribution in [-0.4, -0.2) is 38.5 Å². The van der Waals surface area contributed by atoms with Gasteiger partial charge >= 0.3 is 5.97 Å². The number of ether oxygens (including phenoxy) is 2. The maximum Gasteiger partial charge on any atom is 0.342 e. The van der Waals surface area contributed by atoms with Gasteiger partial charge in [-0.25, -0.2) is 4.79 Å². The zero-order valence-corrected chi connectivity index (χ0v) is 14.8. The summed E-state index contributed by atoms with van der Waals surface area (Å²) in [5, 5.41) is 5.10. The van der Waals surface area contributed by atoms with Gasteiger partial charge in [0.1, 0.15) is 11.3 Å². The summed E-state index contributed by atoms with van der Waals surface area (Å²) in [6.45, 7) is 1.40. The number of carbonyl (C=O) groups excluding carboxylic acids is 3. The van der Waals surface area contributed by atoms with Gasteiger partial charge in [-0.2, -0.15) is 0 Å². The standard InChI is InChI=1S/C19H20N2O5/c1-12-4-9-16(25-3)15(10-12)19(24)26-11-17(22)21-14-7-5-13(6-8-14)18(23)20-2/h4-10H,11H2,1-3H3,(H,20,23)(H,21,22). The van der Waals surface area contributed by atoms with Crippen LogP contribution in [0.25, 0.3) is 0 Å². The van der Waals surface area contributed by atoms with Gasteiger partial charge in [0.05, 0.1) is 7.11 Å². The van der Waals surface area contributed by atoms with Crippen molar-refractivity contribution in [1.29, 1.82) is 0 Å². The number of benzene rings is 2. The number of anilines is 1. The third kappa shape index (κ3) is 4.83. The molecule has 0 aliphatic rings. The second kappa shape index (κ2) is 8.66. The van der Waals surface area contributed by atoms with Crippen molar-refractivity contribution in [3.63, 3.8) is 0 Å². The highest BCUT2D eigenvalue weighted by Crippen LogP contribution is 2.20. The summed E-state index contributed by atoms with van der Waals surface area (Å²) in [4.78, 5) is 35.6. The maximum atomic E-state index is 12.2. The van der Waals surface area contributed by atoms with E-state index in [1.165, 1.54) is 14.2 Å². The van der Waals surface area contributed by atoms with Crippen LogP contribution in [0.4, 0.5) is 5.69 Å². The molecule has 7 nitrogen and oxygen atoms in total. The Labute approximate surface area is 151 Å². The van der Waals surface area contributed by atoms with E-state index in [1.807, 2.05) is 13.0 Å². The van der Waals surface area contributed by atoms with E-state index in [9.17, 15) is 14.4 Å². The maximum absolute atomic E-state index is 12.2. The van der Waals surface area contributed by atoms with Crippen LogP contribution in [0.1, 0.15) is 26.3 Å². The molecule has 2 N–H and O–H groups in total. The molecule has 2 amide bonds. The van der Waals surface area contributed by atoms with Crippen LogP contribution < -0.4 is 15.4 Å². The van der Waals surface area contributed by atoms with Crippen LogP contribution in [0.5, 0.6) is 5.75 Å². The molecule has 0 bridgehead atoms. The largest absolute Gasteiger partial charge is 0.496 e. The lowest BCUT2D eigenvalue weighted by molar-refractivity contribution is -0.119. The van der Waals surface area contributed by atoms with Gasteiger partial charge in [0.2, 0.25) is 0 Å². The molecule has 7 heteroatoms. The topological polar surface area (TPSA) is 93.7 Å². The van der Waals surface area contributed by atoms with Gasteiger partial charge in [0.15, 0.2) is 6.61 Å². The van der Waals surface area contributed by atoms with E-state index < -0.39 is 18.5 Å². The molecule has 0 saturated heterocycles. The monoisotopic (exact) mass is 356 g/mol. The molecule has 0 unspecified atom stereocenters. The van der Waals surface area contributed by atoms with Gasteiger partial charge < -0.3 is 20.1 Å². The summed E-state index contributed by atoms with van der Waals surface area (Å²) in [7, 11) is 2.99. The first-order valence-corrected chi connectivity index (χ1v) is 7.88. The lowest BCUT2D eigenvalue weighted by atomic mass is 10.1. The number of hydrogen-bond acceptors (Lipinski definition) is 5. The Morgan fingerprint density at radius 3 is 2.35 bits per heavy atom. The number of aryl methyl sites for hydroxylation is 1. The van der Waals surface area contributed by atoms with E-state index in [2.05, 4.69) is 10.6 Å². The Bertz CT molecular complexity index is 815. The fourth-order valence-corrected chi connectivity index (χ4v) is 2.24. The highest BCUT2D eigenvalue weighted by atomic mass is 16.5. The van der Waals surface area contributed by atoms with Crippen molar-refractivity contribution in [3.8, 4) is 5.75 Å². The zero-order valence-electron chi connectivity index (χ0n) is 14.8. The molecule has 0 aromatic heterocycles. The lowest BCUT2D eigenvalue weighted by Gasteiger charge is -2.10. The Kier molecular flexibility index (Phi) is 6.32. The molecule has 2 aromatic carbocycles. The molecule has 0 aliphatic carbocycles. The van der Waals surface area contributed by atoms with Crippen molar-refractivity contribution in [2.45, 2.75) is 6.92 Å². The van der Waals surface area contributed by atoms with Gasteiger partial charge in [-0.15, -0.1) is 0 Å². The minimum Gasteiger partial charge on any atom is -0.496 e. The normalized spacial score (nSPS) is 9.96. The number of rotatable bonds is 6. The summed E-state index contributed by atoms with van der Waals surface area (Å²) in [5.74, 6) is -0.969. The number of carbonyl (C=O) groups is 3. The van der Waals surface area contributed by atoms with Crippen LogP contribution in [0.15, 0.2) is 42.5 Å². The fraction of sp³-hybridized carbons (Fsp3) is 0.211. The molecule has 0 atom stereocenters. The zero-order chi connectivity index (χ0) is 19.1. The minimum absolute atomic E-state index is 0.219. The molecule has 0 fully saturated rings. The average molecular weight is 356 g/mol. The first-order chi connectivity index (χ1) is 12.4. The quantitative estimate of drug-likeness (QED) is 0.774. The van der Waals surface area contributed by atoms with E-state index in [0.717, 1.165) is 5.56 Å². The Morgan fingerprint density at radius 2 is 1.73 bits per heavy atom. The van der Waals surface area contributed by atoms with Crippen molar-refractivity contribution in [2.24, 2.45) is 0 Å². The van der Waals surface area contributed by atoms with E-state index in [-0.39, 0.29) is 11.5 Å². The van der Waals surface area contributed by atoms with Crippen LogP contribution in [-0.2, 0) is 9.53 Å². The molecular weight excluding hydrogens is 336 g/mol. The summed E-state index contributed by atoms with van der Waals surface area (Å²) in [5.41, 5.74) is 2.10. The molecule has 2 aromatic rings. The van der Waals surface area contributed by atoms with Gasteiger partial charge in [0, 0.05) is 18.3 Å². The fourth-order valence-electron chi connectivity index (χ4n) is 2.24. The average Bonchev–Trinajstić information content (AvgIpc) is 2.66. The summed E-state index contributed by atoms with van der Waals surface area (Å²) >= 11 is 0. The predicted molar refractivity (Wildman–Crippen MR) is 96.5 cm³/mol.